The number of hydrogen-bond donors (Lipinski definition) is 2. The number of rotatable bonds is 4. The first-order valence-electron chi connectivity index (χ1n) is 5.24. The van der Waals surface area contributed by atoms with E-state index in [1.807, 2.05) is 0 Å². The molecule has 0 spiro atoms. The smallest absolute Gasteiger partial charge is 0.317 e. The molecule has 90 valence electrons. The highest BCUT2D eigenvalue weighted by atomic mass is 32.2. The van der Waals surface area contributed by atoms with E-state index in [9.17, 15) is 13.2 Å². The molecule has 1 fully saturated rings. The lowest BCUT2D eigenvalue weighted by Gasteiger charge is -2.16. The van der Waals surface area contributed by atoms with E-state index in [1.54, 1.807) is 11.0 Å². The highest BCUT2D eigenvalue weighted by Crippen LogP contribution is 2.07. The quantitative estimate of drug-likeness (QED) is 0.660. The van der Waals surface area contributed by atoms with Crippen LogP contribution in [0, 0.1) is 0 Å². The second-order valence-corrected chi connectivity index (χ2v) is 5.87. The summed E-state index contributed by atoms with van der Waals surface area (Å²) in [6.45, 7) is 2.63. The first-order chi connectivity index (χ1) is 7.57. The van der Waals surface area contributed by atoms with Crippen LogP contribution in [0.2, 0.25) is 0 Å². The number of nitrogens with one attached hydrogen (secondary N) is 2. The maximum absolute atomic E-state index is 11.2. The van der Waals surface area contributed by atoms with E-state index in [2.05, 4.69) is 10.6 Å². The van der Waals surface area contributed by atoms with Gasteiger partial charge in [-0.25, -0.2) is 13.2 Å². The van der Waals surface area contributed by atoms with Gasteiger partial charge in [-0.15, -0.1) is 0 Å². The lowest BCUT2D eigenvalue weighted by Crippen LogP contribution is -2.39. The highest BCUT2D eigenvalue weighted by molar-refractivity contribution is 7.94. The molecule has 1 saturated heterocycles. The Morgan fingerprint density at radius 2 is 2.38 bits per heavy atom. The third-order valence-electron chi connectivity index (χ3n) is 2.66. The van der Waals surface area contributed by atoms with Crippen molar-refractivity contribution in [3.63, 3.8) is 0 Å². The van der Waals surface area contributed by atoms with Gasteiger partial charge in [0.05, 0.1) is 5.75 Å². The summed E-state index contributed by atoms with van der Waals surface area (Å²) in [5, 5.41) is 7.05. The Labute approximate surface area is 94.6 Å². The monoisotopic (exact) mass is 245 g/mol. The Bertz CT molecular complexity index is 404. The summed E-state index contributed by atoms with van der Waals surface area (Å²) in [4.78, 5) is 12.9. The van der Waals surface area contributed by atoms with Crippen LogP contribution >= 0.6 is 0 Å². The average Bonchev–Trinajstić information content (AvgIpc) is 2.74. The topological polar surface area (TPSA) is 78.5 Å². The van der Waals surface area contributed by atoms with E-state index < -0.39 is 9.84 Å². The van der Waals surface area contributed by atoms with Crippen molar-refractivity contribution in [3.8, 4) is 0 Å². The van der Waals surface area contributed by atoms with Gasteiger partial charge in [0.2, 0.25) is 0 Å². The van der Waals surface area contributed by atoms with Gasteiger partial charge in [0.15, 0.2) is 9.84 Å². The number of hydrogen-bond acceptors (Lipinski definition) is 4. The van der Waals surface area contributed by atoms with Crippen LogP contribution < -0.4 is 10.6 Å². The molecule has 2 heterocycles. The molecule has 7 heteroatoms. The van der Waals surface area contributed by atoms with Gasteiger partial charge in [-0.05, 0) is 0 Å². The highest BCUT2D eigenvalue weighted by Gasteiger charge is 2.22. The summed E-state index contributed by atoms with van der Waals surface area (Å²) in [6.07, 6.45) is 1.65. The lowest BCUT2D eigenvalue weighted by molar-refractivity contribution is 0.217. The molecule has 1 atom stereocenters. The second kappa shape index (κ2) is 4.42. The van der Waals surface area contributed by atoms with Crippen molar-refractivity contribution in [2.24, 2.45) is 0 Å². The van der Waals surface area contributed by atoms with Crippen LogP contribution in [-0.4, -0.2) is 57.3 Å². The van der Waals surface area contributed by atoms with Gasteiger partial charge in [-0.1, -0.05) is 6.08 Å². The molecule has 16 heavy (non-hydrogen) atoms. The molecule has 2 N–H and O–H groups in total. The van der Waals surface area contributed by atoms with Crippen LogP contribution in [0.5, 0.6) is 0 Å². The molecule has 0 aliphatic carbocycles. The molecule has 2 aliphatic rings. The van der Waals surface area contributed by atoms with Crippen molar-refractivity contribution in [1.29, 1.82) is 0 Å². The molecule has 0 radical (unpaired) electrons. The Kier molecular flexibility index (Phi) is 3.15. The van der Waals surface area contributed by atoms with E-state index >= 15 is 0 Å². The Morgan fingerprint density at radius 3 is 2.94 bits per heavy atom. The predicted molar refractivity (Wildman–Crippen MR) is 59.7 cm³/mol. The van der Waals surface area contributed by atoms with Gasteiger partial charge in [-0.2, -0.15) is 0 Å². The minimum absolute atomic E-state index is 0.0450. The molecule has 6 nitrogen and oxygen atoms in total. The van der Waals surface area contributed by atoms with Crippen molar-refractivity contribution in [1.82, 2.24) is 15.5 Å². The molecule has 0 aromatic rings. The number of urea groups is 1. The van der Waals surface area contributed by atoms with Crippen LogP contribution in [0.3, 0.4) is 0 Å². The number of nitrogens with zero attached hydrogens (tertiary/aromatic N) is 1. The summed E-state index contributed by atoms with van der Waals surface area (Å²) in [7, 11) is -2.99. The van der Waals surface area contributed by atoms with E-state index in [4.69, 9.17) is 0 Å². The van der Waals surface area contributed by atoms with Gasteiger partial charge in [-0.3, -0.25) is 0 Å². The van der Waals surface area contributed by atoms with Crippen molar-refractivity contribution in [2.45, 2.75) is 6.04 Å². The van der Waals surface area contributed by atoms with Crippen LogP contribution in [-0.2, 0) is 9.84 Å². The maximum atomic E-state index is 11.2. The molecule has 0 bridgehead atoms. The van der Waals surface area contributed by atoms with Crippen LogP contribution in [0.1, 0.15) is 0 Å². The average molecular weight is 245 g/mol. The number of sulfone groups is 1. The van der Waals surface area contributed by atoms with Gasteiger partial charge in [0.1, 0.15) is 0 Å². The molecule has 2 rings (SSSR count). The fourth-order valence-corrected chi connectivity index (χ4v) is 3.08. The minimum Gasteiger partial charge on any atom is -0.336 e. The van der Waals surface area contributed by atoms with Gasteiger partial charge in [0.25, 0.3) is 0 Å². The van der Waals surface area contributed by atoms with Crippen LogP contribution in [0.25, 0.3) is 0 Å². The van der Waals surface area contributed by atoms with E-state index in [1.165, 1.54) is 5.41 Å². The van der Waals surface area contributed by atoms with E-state index in [0.717, 1.165) is 6.54 Å². The van der Waals surface area contributed by atoms with Crippen molar-refractivity contribution >= 4 is 15.9 Å². The first kappa shape index (κ1) is 11.4. The molecule has 2 amide bonds. The zero-order valence-corrected chi connectivity index (χ0v) is 9.66. The zero-order chi connectivity index (χ0) is 11.6. The Hall–Kier alpha value is -1.08. The summed E-state index contributed by atoms with van der Waals surface area (Å²) < 4.78 is 22.2. The molecule has 0 saturated carbocycles. The summed E-state index contributed by atoms with van der Waals surface area (Å²) in [6, 6.07) is -0.160. The van der Waals surface area contributed by atoms with Gasteiger partial charge >= 0.3 is 6.03 Å². The Morgan fingerprint density at radius 1 is 1.56 bits per heavy atom. The zero-order valence-electron chi connectivity index (χ0n) is 8.85. The molecular formula is C9H15N3O3S. The molecule has 2 aliphatic heterocycles. The maximum Gasteiger partial charge on any atom is 0.317 e. The second-order valence-electron chi connectivity index (χ2n) is 3.94. The lowest BCUT2D eigenvalue weighted by atomic mass is 10.3. The third kappa shape index (κ3) is 2.73. The summed E-state index contributed by atoms with van der Waals surface area (Å²) in [5.74, 6) is 0.124. The first-order valence-corrected chi connectivity index (χ1v) is 6.95. The largest absolute Gasteiger partial charge is 0.336 e. The number of amides is 2. The van der Waals surface area contributed by atoms with E-state index in [-0.39, 0.29) is 17.8 Å². The molecule has 0 aromatic carbocycles. The Balaban J connectivity index is 1.69. The number of carbonyl (C=O) groups is 1. The van der Waals surface area contributed by atoms with Crippen molar-refractivity contribution < 1.29 is 13.2 Å². The van der Waals surface area contributed by atoms with Crippen molar-refractivity contribution in [3.05, 3.63) is 11.5 Å². The molecule has 0 aromatic heterocycles. The molecule has 1 unspecified atom stereocenters. The predicted octanol–water partition coefficient (Wildman–Crippen LogP) is -1.09. The normalized spacial score (nSPS) is 27.4. The van der Waals surface area contributed by atoms with Crippen LogP contribution in [0.15, 0.2) is 11.5 Å². The fourth-order valence-electron chi connectivity index (χ4n) is 1.81. The fraction of sp³-hybridized carbons (Fsp3) is 0.667. The molecular weight excluding hydrogens is 230 g/mol. The van der Waals surface area contributed by atoms with Crippen LogP contribution in [0.4, 0.5) is 4.79 Å². The summed E-state index contributed by atoms with van der Waals surface area (Å²) >= 11 is 0. The third-order valence-corrected chi connectivity index (χ3v) is 4.06. The van der Waals surface area contributed by atoms with E-state index in [0.29, 0.717) is 19.6 Å². The van der Waals surface area contributed by atoms with Gasteiger partial charge < -0.3 is 15.5 Å². The summed E-state index contributed by atoms with van der Waals surface area (Å²) in [5.41, 5.74) is 0. The number of carbonyl (C=O) groups excluding carboxylic acids is 1. The minimum atomic E-state index is -2.99. The van der Waals surface area contributed by atoms with Gasteiger partial charge in [0, 0.05) is 37.6 Å². The SMILES string of the molecule is O=C1NCCN1CCNC1C=CS(=O)(=O)C1. The standard InChI is InChI=1S/C9H15N3O3S/c13-9-11-3-5-12(9)4-2-10-8-1-6-16(14,15)7-8/h1,6,8,10H,2-5,7H2,(H,11,13). The van der Waals surface area contributed by atoms with Crippen molar-refractivity contribution in [2.75, 3.05) is 31.9 Å².